The molecule has 4 nitrogen and oxygen atoms in total. The summed E-state index contributed by atoms with van der Waals surface area (Å²) < 4.78 is 1.83. The van der Waals surface area contributed by atoms with Gasteiger partial charge in [0.2, 0.25) is 5.91 Å². The number of carbonyl (C=O) groups is 1. The topological polar surface area (TPSA) is 51.1 Å². The quantitative estimate of drug-likeness (QED) is 0.826. The summed E-state index contributed by atoms with van der Waals surface area (Å²) in [6, 6.07) is 7.95. The highest BCUT2D eigenvalue weighted by Crippen LogP contribution is 2.34. The summed E-state index contributed by atoms with van der Waals surface area (Å²) in [4.78, 5) is 25.2. The molecule has 1 aromatic heterocycles. The fraction of sp³-hybridized carbons (Fsp3) is 0.524. The van der Waals surface area contributed by atoms with Crippen molar-refractivity contribution in [3.8, 4) is 0 Å². The van der Waals surface area contributed by atoms with Crippen molar-refractivity contribution < 1.29 is 4.79 Å². The second-order valence-corrected chi connectivity index (χ2v) is 7.64. The van der Waals surface area contributed by atoms with E-state index in [0.717, 1.165) is 36.8 Å². The van der Waals surface area contributed by atoms with E-state index in [4.69, 9.17) is 0 Å². The van der Waals surface area contributed by atoms with Crippen molar-refractivity contribution in [1.82, 2.24) is 4.57 Å². The molecule has 0 unspecified atom stereocenters. The number of anilines is 1. The van der Waals surface area contributed by atoms with E-state index in [0.29, 0.717) is 23.8 Å². The van der Waals surface area contributed by atoms with Gasteiger partial charge in [0.25, 0.3) is 5.56 Å². The van der Waals surface area contributed by atoms with Crippen LogP contribution in [-0.2, 0) is 4.79 Å². The van der Waals surface area contributed by atoms with Gasteiger partial charge in [-0.3, -0.25) is 9.59 Å². The zero-order valence-corrected chi connectivity index (χ0v) is 14.7. The summed E-state index contributed by atoms with van der Waals surface area (Å²) in [5, 5.41) is 4.60. The van der Waals surface area contributed by atoms with Gasteiger partial charge in [-0.15, -0.1) is 0 Å². The number of carbonyl (C=O) groups excluding carboxylic acids is 1. The van der Waals surface area contributed by atoms with Crippen LogP contribution in [0.3, 0.4) is 0 Å². The number of fused-ring (bicyclic) bond motifs is 1. The van der Waals surface area contributed by atoms with E-state index in [1.807, 2.05) is 35.0 Å². The van der Waals surface area contributed by atoms with E-state index in [1.165, 1.54) is 25.7 Å². The maximum atomic E-state index is 12.7. The Labute approximate surface area is 148 Å². The number of nitrogens with zero attached hydrogens (tertiary/aromatic N) is 1. The third-order valence-corrected chi connectivity index (χ3v) is 5.64. The average molecular weight is 338 g/mol. The molecule has 25 heavy (non-hydrogen) atoms. The first kappa shape index (κ1) is 16.4. The van der Waals surface area contributed by atoms with Gasteiger partial charge in [-0.05, 0) is 49.8 Å². The Morgan fingerprint density at radius 1 is 1.00 bits per heavy atom. The SMILES string of the molecule is O=C(CC1CCCCCC1)Nc1cccc2c(=O)n(C3CC3)ccc12. The highest BCUT2D eigenvalue weighted by Gasteiger charge is 2.25. The summed E-state index contributed by atoms with van der Waals surface area (Å²) in [6.45, 7) is 0. The highest BCUT2D eigenvalue weighted by molar-refractivity contribution is 6.01. The molecule has 4 heteroatoms. The number of nitrogens with one attached hydrogen (secondary N) is 1. The van der Waals surface area contributed by atoms with Crippen LogP contribution in [-0.4, -0.2) is 10.5 Å². The van der Waals surface area contributed by atoms with Crippen molar-refractivity contribution in [3.63, 3.8) is 0 Å². The zero-order chi connectivity index (χ0) is 17.2. The molecular weight excluding hydrogens is 312 g/mol. The van der Waals surface area contributed by atoms with Crippen molar-refractivity contribution in [2.45, 2.75) is 63.8 Å². The third-order valence-electron chi connectivity index (χ3n) is 5.64. The minimum atomic E-state index is 0.0554. The van der Waals surface area contributed by atoms with E-state index >= 15 is 0 Å². The first-order valence-electron chi connectivity index (χ1n) is 9.66. The monoisotopic (exact) mass is 338 g/mol. The fourth-order valence-corrected chi connectivity index (χ4v) is 4.07. The largest absolute Gasteiger partial charge is 0.326 e. The lowest BCUT2D eigenvalue weighted by Gasteiger charge is -2.15. The zero-order valence-electron chi connectivity index (χ0n) is 14.7. The molecular formula is C21H26N2O2. The minimum absolute atomic E-state index is 0.0554. The lowest BCUT2D eigenvalue weighted by atomic mass is 9.96. The van der Waals surface area contributed by atoms with Gasteiger partial charge in [-0.25, -0.2) is 0 Å². The summed E-state index contributed by atoms with van der Waals surface area (Å²) in [5.41, 5.74) is 0.816. The van der Waals surface area contributed by atoms with Crippen LogP contribution >= 0.6 is 0 Å². The second-order valence-electron chi connectivity index (χ2n) is 7.64. The molecule has 1 N–H and O–H groups in total. The Hall–Kier alpha value is -2.10. The number of pyridine rings is 1. The molecule has 2 aliphatic rings. The van der Waals surface area contributed by atoms with Crippen LogP contribution in [0.1, 0.15) is 63.8 Å². The standard InChI is InChI=1S/C21H26N2O2/c24-20(14-15-6-3-1-2-4-7-15)22-19-9-5-8-18-17(19)12-13-23(21(18)25)16-10-11-16/h5,8-9,12-13,15-16H,1-4,6-7,10-11,14H2,(H,22,24). The van der Waals surface area contributed by atoms with E-state index in [2.05, 4.69) is 5.32 Å². The number of amides is 1. The van der Waals surface area contributed by atoms with Gasteiger partial charge >= 0.3 is 0 Å². The molecule has 1 aromatic carbocycles. The Morgan fingerprint density at radius 2 is 1.76 bits per heavy atom. The van der Waals surface area contributed by atoms with E-state index in [-0.39, 0.29) is 11.5 Å². The first-order valence-corrected chi connectivity index (χ1v) is 9.66. The maximum absolute atomic E-state index is 12.7. The second kappa shape index (κ2) is 7.03. The highest BCUT2D eigenvalue weighted by atomic mass is 16.1. The summed E-state index contributed by atoms with van der Waals surface area (Å²) >= 11 is 0. The van der Waals surface area contributed by atoms with E-state index in [9.17, 15) is 9.59 Å². The summed E-state index contributed by atoms with van der Waals surface area (Å²) in [5.74, 6) is 0.579. The van der Waals surface area contributed by atoms with Gasteiger partial charge in [0.1, 0.15) is 0 Å². The Balaban J connectivity index is 1.53. The van der Waals surface area contributed by atoms with Crippen molar-refractivity contribution in [2.24, 2.45) is 5.92 Å². The molecule has 0 radical (unpaired) electrons. The molecule has 1 amide bonds. The van der Waals surface area contributed by atoms with Crippen molar-refractivity contribution >= 4 is 22.4 Å². The maximum Gasteiger partial charge on any atom is 0.258 e. The lowest BCUT2D eigenvalue weighted by Crippen LogP contribution is -2.20. The van der Waals surface area contributed by atoms with Gasteiger partial charge in [0, 0.05) is 35.1 Å². The Bertz CT molecular complexity index is 827. The molecule has 0 atom stereocenters. The molecule has 1 heterocycles. The van der Waals surface area contributed by atoms with Crippen molar-refractivity contribution in [3.05, 3.63) is 40.8 Å². The molecule has 132 valence electrons. The molecule has 0 bridgehead atoms. The van der Waals surface area contributed by atoms with Gasteiger partial charge in [0.05, 0.1) is 0 Å². The van der Waals surface area contributed by atoms with Crippen LogP contribution in [0, 0.1) is 5.92 Å². The normalized spacial score (nSPS) is 18.9. The van der Waals surface area contributed by atoms with Crippen LogP contribution in [0.25, 0.3) is 10.8 Å². The van der Waals surface area contributed by atoms with Gasteiger partial charge in [0.15, 0.2) is 0 Å². The van der Waals surface area contributed by atoms with Crippen LogP contribution in [0.15, 0.2) is 35.3 Å². The average Bonchev–Trinajstić information content (AvgIpc) is 3.43. The molecule has 0 saturated heterocycles. The Kier molecular flexibility index (Phi) is 4.60. The first-order chi connectivity index (χ1) is 12.2. The number of hydrogen-bond acceptors (Lipinski definition) is 2. The molecule has 2 aromatic rings. The lowest BCUT2D eigenvalue weighted by molar-refractivity contribution is -0.117. The number of benzene rings is 1. The predicted octanol–water partition coefficient (Wildman–Crippen LogP) is 4.64. The molecule has 0 aliphatic heterocycles. The number of rotatable bonds is 4. The summed E-state index contributed by atoms with van der Waals surface area (Å²) in [6.07, 6.45) is 12.1. The van der Waals surface area contributed by atoms with E-state index < -0.39 is 0 Å². The minimum Gasteiger partial charge on any atom is -0.326 e. The molecule has 2 aliphatic carbocycles. The van der Waals surface area contributed by atoms with Gasteiger partial charge < -0.3 is 9.88 Å². The summed E-state index contributed by atoms with van der Waals surface area (Å²) in [7, 11) is 0. The van der Waals surface area contributed by atoms with Crippen LogP contribution in [0.4, 0.5) is 5.69 Å². The number of aromatic nitrogens is 1. The smallest absolute Gasteiger partial charge is 0.258 e. The van der Waals surface area contributed by atoms with Crippen LogP contribution < -0.4 is 10.9 Å². The van der Waals surface area contributed by atoms with Crippen molar-refractivity contribution in [2.75, 3.05) is 5.32 Å². The third kappa shape index (κ3) is 3.63. The van der Waals surface area contributed by atoms with Gasteiger partial charge in [-0.1, -0.05) is 31.7 Å². The Morgan fingerprint density at radius 3 is 2.48 bits per heavy atom. The van der Waals surface area contributed by atoms with Gasteiger partial charge in [-0.2, -0.15) is 0 Å². The molecule has 4 rings (SSSR count). The molecule has 0 spiro atoms. The fourth-order valence-electron chi connectivity index (χ4n) is 4.07. The van der Waals surface area contributed by atoms with Crippen LogP contribution in [0.5, 0.6) is 0 Å². The molecule has 2 fully saturated rings. The van der Waals surface area contributed by atoms with Crippen molar-refractivity contribution in [1.29, 1.82) is 0 Å². The molecule has 2 saturated carbocycles. The number of hydrogen-bond donors (Lipinski definition) is 1. The van der Waals surface area contributed by atoms with Crippen LogP contribution in [0.2, 0.25) is 0 Å². The van der Waals surface area contributed by atoms with E-state index in [1.54, 1.807) is 0 Å². The predicted molar refractivity (Wildman–Crippen MR) is 101 cm³/mol.